The summed E-state index contributed by atoms with van der Waals surface area (Å²) in [6.07, 6.45) is 5.10. The van der Waals surface area contributed by atoms with Crippen molar-refractivity contribution in [3.63, 3.8) is 0 Å². The zero-order valence-corrected chi connectivity index (χ0v) is 8.66. The van der Waals surface area contributed by atoms with Crippen LogP contribution >= 0.6 is 0 Å². The molecule has 4 N–H and O–H groups in total. The molecule has 0 radical (unpaired) electrons. The van der Waals surface area contributed by atoms with E-state index in [-0.39, 0.29) is 11.4 Å². The minimum Gasteiger partial charge on any atom is -0.382 e. The van der Waals surface area contributed by atoms with Gasteiger partial charge < -0.3 is 5.73 Å². The summed E-state index contributed by atoms with van der Waals surface area (Å²) in [6.45, 7) is 0. The maximum atomic E-state index is 13.4. The molecule has 84 valence electrons. The smallest absolute Gasteiger partial charge is 0.201 e. The average molecular weight is 229 g/mol. The van der Waals surface area contributed by atoms with Gasteiger partial charge in [0.1, 0.15) is 11.9 Å². The molecule has 0 heterocycles. The van der Waals surface area contributed by atoms with Gasteiger partial charge in [0.2, 0.25) is 5.71 Å². The van der Waals surface area contributed by atoms with Crippen molar-refractivity contribution in [2.24, 2.45) is 10.8 Å². The molecule has 1 aromatic carbocycles. The van der Waals surface area contributed by atoms with E-state index in [0.29, 0.717) is 5.56 Å². The van der Waals surface area contributed by atoms with Gasteiger partial charge >= 0.3 is 0 Å². The normalized spacial score (nSPS) is 10.2. The van der Waals surface area contributed by atoms with Gasteiger partial charge in [-0.15, -0.1) is 6.42 Å². The highest BCUT2D eigenvalue weighted by atomic mass is 19.1. The summed E-state index contributed by atoms with van der Waals surface area (Å²) < 4.78 is 13.4. The van der Waals surface area contributed by atoms with Gasteiger partial charge in [-0.3, -0.25) is 10.8 Å². The van der Waals surface area contributed by atoms with Crippen LogP contribution in [0.25, 0.3) is 0 Å². The first kappa shape index (κ1) is 12.2. The van der Waals surface area contributed by atoms with Crippen molar-refractivity contribution in [2.45, 2.75) is 0 Å². The van der Waals surface area contributed by atoms with E-state index in [9.17, 15) is 4.39 Å². The first-order valence-electron chi connectivity index (χ1n) is 4.43. The zero-order valence-electron chi connectivity index (χ0n) is 8.66. The number of hydrogen-bond acceptors (Lipinski definition) is 4. The first-order chi connectivity index (χ1) is 8.08. The van der Waals surface area contributed by atoms with Crippen molar-refractivity contribution >= 4 is 17.2 Å². The molecule has 0 bridgehead atoms. The van der Waals surface area contributed by atoms with Gasteiger partial charge in [-0.1, -0.05) is 5.92 Å². The van der Waals surface area contributed by atoms with Gasteiger partial charge in [-0.05, 0) is 18.2 Å². The van der Waals surface area contributed by atoms with Crippen LogP contribution in [0.1, 0.15) is 5.56 Å². The Bertz CT molecular complexity index is 562. The van der Waals surface area contributed by atoms with Gasteiger partial charge in [-0.2, -0.15) is 10.4 Å². The topological polar surface area (TPSA) is 98.0 Å². The highest BCUT2D eigenvalue weighted by Gasteiger charge is 2.04. The monoisotopic (exact) mass is 229 g/mol. The van der Waals surface area contributed by atoms with Crippen LogP contribution in [0.2, 0.25) is 0 Å². The van der Waals surface area contributed by atoms with E-state index in [0.717, 1.165) is 6.07 Å². The van der Waals surface area contributed by atoms with Crippen molar-refractivity contribution in [1.82, 2.24) is 0 Å². The molecular formula is C11H8FN5. The predicted molar refractivity (Wildman–Crippen MR) is 62.9 cm³/mol. The standard InChI is InChI=1S/C11H8FN5/c1-2-7-3-4-9(8(12)5-7)16-17-10(6-13)11(14)15/h1,3-5,16H,(H3,14,15)/b17-10+. The van der Waals surface area contributed by atoms with E-state index in [1.54, 1.807) is 6.07 Å². The molecule has 1 aromatic rings. The second kappa shape index (κ2) is 5.29. The van der Waals surface area contributed by atoms with Crippen LogP contribution in [-0.4, -0.2) is 11.5 Å². The lowest BCUT2D eigenvalue weighted by atomic mass is 10.2. The van der Waals surface area contributed by atoms with Crippen LogP contribution in [0.4, 0.5) is 10.1 Å². The van der Waals surface area contributed by atoms with Gasteiger partial charge in [0.05, 0.1) is 5.69 Å². The van der Waals surface area contributed by atoms with Crippen LogP contribution in [-0.2, 0) is 0 Å². The number of nitrogens with zero attached hydrogens (tertiary/aromatic N) is 2. The second-order valence-corrected chi connectivity index (χ2v) is 2.94. The highest BCUT2D eigenvalue weighted by molar-refractivity contribution is 6.45. The van der Waals surface area contributed by atoms with Crippen LogP contribution in [0.15, 0.2) is 23.3 Å². The van der Waals surface area contributed by atoms with Crippen molar-refractivity contribution in [3.05, 3.63) is 29.6 Å². The minimum atomic E-state index is -0.606. The number of nitriles is 1. The van der Waals surface area contributed by atoms with Gasteiger partial charge in [0.15, 0.2) is 5.84 Å². The first-order valence-corrected chi connectivity index (χ1v) is 4.43. The Balaban J connectivity index is 2.95. The molecule has 0 amide bonds. The quantitative estimate of drug-likeness (QED) is 0.312. The Labute approximate surface area is 97.3 Å². The molecule has 0 saturated heterocycles. The third kappa shape index (κ3) is 3.05. The molecular weight excluding hydrogens is 221 g/mol. The lowest BCUT2D eigenvalue weighted by Crippen LogP contribution is -2.22. The predicted octanol–water partition coefficient (Wildman–Crippen LogP) is 1.03. The third-order valence-corrected chi connectivity index (χ3v) is 1.78. The van der Waals surface area contributed by atoms with Gasteiger partial charge in [0, 0.05) is 5.56 Å². The molecule has 17 heavy (non-hydrogen) atoms. The molecule has 1 rings (SSSR count). The molecule has 0 atom stereocenters. The fourth-order valence-electron chi connectivity index (χ4n) is 0.957. The highest BCUT2D eigenvalue weighted by Crippen LogP contribution is 2.15. The molecule has 0 saturated carbocycles. The number of nitrogens with one attached hydrogen (secondary N) is 2. The number of amidine groups is 1. The molecule has 0 aliphatic carbocycles. The number of benzene rings is 1. The lowest BCUT2D eigenvalue weighted by molar-refractivity contribution is 0.630. The summed E-state index contributed by atoms with van der Waals surface area (Å²) in [5, 5.41) is 19.1. The number of nitrogens with two attached hydrogens (primary N) is 1. The van der Waals surface area contributed by atoms with Crippen molar-refractivity contribution in [3.8, 4) is 18.4 Å². The van der Waals surface area contributed by atoms with Gasteiger partial charge in [-0.25, -0.2) is 4.39 Å². The maximum Gasteiger partial charge on any atom is 0.201 e. The Morgan fingerprint density at radius 1 is 1.59 bits per heavy atom. The van der Waals surface area contributed by atoms with E-state index >= 15 is 0 Å². The second-order valence-electron chi connectivity index (χ2n) is 2.94. The molecule has 6 heteroatoms. The summed E-state index contributed by atoms with van der Waals surface area (Å²) in [5.41, 5.74) is 7.47. The molecule has 0 spiro atoms. The van der Waals surface area contributed by atoms with E-state index in [2.05, 4.69) is 16.4 Å². The average Bonchev–Trinajstić information content (AvgIpc) is 2.31. The molecule has 0 fully saturated rings. The number of hydrazone groups is 1. The third-order valence-electron chi connectivity index (χ3n) is 1.78. The summed E-state index contributed by atoms with van der Waals surface area (Å²) in [4.78, 5) is 0. The van der Waals surface area contributed by atoms with Gasteiger partial charge in [0.25, 0.3) is 0 Å². The molecule has 0 unspecified atom stereocenters. The van der Waals surface area contributed by atoms with E-state index in [1.165, 1.54) is 12.1 Å². The SMILES string of the molecule is C#Cc1ccc(N/N=C(\C#N)C(=N)N)c(F)c1. The van der Waals surface area contributed by atoms with E-state index in [4.69, 9.17) is 22.8 Å². The minimum absolute atomic E-state index is 0.0398. The van der Waals surface area contributed by atoms with Crippen molar-refractivity contribution < 1.29 is 4.39 Å². The molecule has 0 aliphatic heterocycles. The Kier molecular flexibility index (Phi) is 3.80. The van der Waals surface area contributed by atoms with E-state index < -0.39 is 11.7 Å². The van der Waals surface area contributed by atoms with Crippen molar-refractivity contribution in [2.75, 3.05) is 5.43 Å². The van der Waals surface area contributed by atoms with Crippen molar-refractivity contribution in [1.29, 1.82) is 10.7 Å². The summed E-state index contributed by atoms with van der Waals surface area (Å²) in [5.74, 6) is 1.17. The number of anilines is 1. The molecule has 0 aromatic heterocycles. The fourth-order valence-corrected chi connectivity index (χ4v) is 0.957. The Hall–Kier alpha value is -2.86. The number of terminal acetylenes is 1. The van der Waals surface area contributed by atoms with Crippen LogP contribution in [0.5, 0.6) is 0 Å². The van der Waals surface area contributed by atoms with Crippen LogP contribution < -0.4 is 11.2 Å². The Morgan fingerprint density at radius 2 is 2.29 bits per heavy atom. The fraction of sp³-hybridized carbons (Fsp3) is 0. The van der Waals surface area contributed by atoms with Crippen LogP contribution in [0.3, 0.4) is 0 Å². The summed E-state index contributed by atoms with van der Waals surface area (Å²) in [7, 11) is 0. The maximum absolute atomic E-state index is 13.4. The number of hydrogen-bond donors (Lipinski definition) is 3. The molecule has 5 nitrogen and oxygen atoms in total. The zero-order chi connectivity index (χ0) is 12.8. The number of halogens is 1. The Morgan fingerprint density at radius 3 is 2.76 bits per heavy atom. The van der Waals surface area contributed by atoms with E-state index in [1.807, 2.05) is 0 Å². The summed E-state index contributed by atoms with van der Waals surface area (Å²) in [6, 6.07) is 5.64. The summed E-state index contributed by atoms with van der Waals surface area (Å²) >= 11 is 0. The largest absolute Gasteiger partial charge is 0.382 e. The number of rotatable bonds is 3. The lowest BCUT2D eigenvalue weighted by Gasteiger charge is -2.03. The molecule has 0 aliphatic rings. The van der Waals surface area contributed by atoms with Crippen LogP contribution in [0, 0.1) is 34.9 Å².